The molecule has 0 aliphatic heterocycles. The molecule has 2 aromatic rings. The van der Waals surface area contributed by atoms with Gasteiger partial charge in [-0.3, -0.25) is 4.98 Å². The molecule has 116 valence electrons. The molecule has 0 bridgehead atoms. The van der Waals surface area contributed by atoms with Gasteiger partial charge in [-0.05, 0) is 61.2 Å². The summed E-state index contributed by atoms with van der Waals surface area (Å²) in [5.74, 6) is 0. The van der Waals surface area contributed by atoms with Gasteiger partial charge in [0.1, 0.15) is 0 Å². The number of aromatic nitrogens is 1. The standard InChI is InChI=1S/C16H17BrN2O2S/c1-12-10-15(4-5-16(12)17)22(20,21)19(14-2-3-14)11-13-6-8-18-9-7-13/h4-10,14H,2-3,11H2,1H3. The Morgan fingerprint density at radius 1 is 1.23 bits per heavy atom. The maximum Gasteiger partial charge on any atom is 0.243 e. The Morgan fingerprint density at radius 2 is 1.91 bits per heavy atom. The van der Waals surface area contributed by atoms with E-state index >= 15 is 0 Å². The number of sulfonamides is 1. The molecule has 1 aromatic carbocycles. The number of hydrogen-bond acceptors (Lipinski definition) is 3. The lowest BCUT2D eigenvalue weighted by molar-refractivity contribution is 0.398. The van der Waals surface area contributed by atoms with Crippen LogP contribution in [0.5, 0.6) is 0 Å². The summed E-state index contributed by atoms with van der Waals surface area (Å²) in [5, 5.41) is 0. The van der Waals surface area contributed by atoms with E-state index in [1.165, 1.54) is 0 Å². The zero-order valence-electron chi connectivity index (χ0n) is 12.2. The summed E-state index contributed by atoms with van der Waals surface area (Å²) in [7, 11) is -3.48. The highest BCUT2D eigenvalue weighted by Crippen LogP contribution is 2.34. The third-order valence-corrected chi connectivity index (χ3v) is 6.56. The van der Waals surface area contributed by atoms with Crippen LogP contribution in [0.1, 0.15) is 24.0 Å². The largest absolute Gasteiger partial charge is 0.265 e. The topological polar surface area (TPSA) is 50.3 Å². The van der Waals surface area contributed by atoms with Gasteiger partial charge in [0.05, 0.1) is 4.90 Å². The smallest absolute Gasteiger partial charge is 0.243 e. The number of hydrogen-bond donors (Lipinski definition) is 0. The van der Waals surface area contributed by atoms with Crippen LogP contribution in [-0.4, -0.2) is 23.7 Å². The highest BCUT2D eigenvalue weighted by Gasteiger charge is 2.38. The molecule has 1 heterocycles. The van der Waals surface area contributed by atoms with Gasteiger partial charge in [-0.25, -0.2) is 8.42 Å². The Morgan fingerprint density at radius 3 is 2.50 bits per heavy atom. The fourth-order valence-electron chi connectivity index (χ4n) is 2.35. The number of halogens is 1. The minimum absolute atomic E-state index is 0.113. The van der Waals surface area contributed by atoms with Crippen molar-refractivity contribution in [1.29, 1.82) is 0 Å². The molecule has 1 aliphatic carbocycles. The first-order valence-corrected chi connectivity index (χ1v) is 9.39. The quantitative estimate of drug-likeness (QED) is 0.797. The van der Waals surface area contributed by atoms with E-state index in [9.17, 15) is 8.42 Å². The molecular formula is C16H17BrN2O2S. The van der Waals surface area contributed by atoms with Crippen molar-refractivity contribution in [2.45, 2.75) is 37.2 Å². The summed E-state index contributed by atoms with van der Waals surface area (Å²) in [6, 6.07) is 9.01. The minimum atomic E-state index is -3.48. The summed E-state index contributed by atoms with van der Waals surface area (Å²) < 4.78 is 28.5. The lowest BCUT2D eigenvalue weighted by Crippen LogP contribution is -2.32. The van der Waals surface area contributed by atoms with Gasteiger partial charge in [-0.1, -0.05) is 15.9 Å². The van der Waals surface area contributed by atoms with E-state index in [2.05, 4.69) is 20.9 Å². The fraction of sp³-hybridized carbons (Fsp3) is 0.312. The normalized spacial score (nSPS) is 15.2. The van der Waals surface area contributed by atoms with Crippen LogP contribution >= 0.6 is 15.9 Å². The van der Waals surface area contributed by atoms with Crippen LogP contribution in [0.4, 0.5) is 0 Å². The van der Waals surface area contributed by atoms with E-state index in [-0.39, 0.29) is 6.04 Å². The molecule has 1 fully saturated rings. The van der Waals surface area contributed by atoms with Gasteiger partial charge in [0.15, 0.2) is 0 Å². The predicted octanol–water partition coefficient (Wildman–Crippen LogP) is 3.51. The van der Waals surface area contributed by atoms with Crippen LogP contribution < -0.4 is 0 Å². The van der Waals surface area contributed by atoms with Gasteiger partial charge < -0.3 is 0 Å². The van der Waals surface area contributed by atoms with E-state index in [1.807, 2.05) is 19.1 Å². The van der Waals surface area contributed by atoms with Crippen LogP contribution in [0.2, 0.25) is 0 Å². The molecule has 0 N–H and O–H groups in total. The summed E-state index contributed by atoms with van der Waals surface area (Å²) in [4.78, 5) is 4.34. The third kappa shape index (κ3) is 3.24. The average molecular weight is 381 g/mol. The van der Waals surface area contributed by atoms with Gasteiger partial charge in [0.2, 0.25) is 10.0 Å². The fourth-order valence-corrected chi connectivity index (χ4v) is 4.36. The van der Waals surface area contributed by atoms with E-state index in [0.29, 0.717) is 11.4 Å². The molecule has 1 saturated carbocycles. The maximum absolute atomic E-state index is 13.0. The van der Waals surface area contributed by atoms with Crippen molar-refractivity contribution in [1.82, 2.24) is 9.29 Å². The molecule has 22 heavy (non-hydrogen) atoms. The monoisotopic (exact) mass is 380 g/mol. The average Bonchev–Trinajstić information content (AvgIpc) is 3.33. The Kier molecular flexibility index (Phi) is 4.34. The molecule has 3 rings (SSSR count). The Bertz CT molecular complexity index is 774. The highest BCUT2D eigenvalue weighted by atomic mass is 79.9. The number of rotatable bonds is 5. The van der Waals surface area contributed by atoms with Crippen LogP contribution in [0, 0.1) is 6.92 Å². The first-order valence-electron chi connectivity index (χ1n) is 7.15. The van der Waals surface area contributed by atoms with E-state index in [1.54, 1.807) is 34.9 Å². The molecule has 6 heteroatoms. The van der Waals surface area contributed by atoms with Crippen molar-refractivity contribution in [2.24, 2.45) is 0 Å². The van der Waals surface area contributed by atoms with Crippen molar-refractivity contribution in [3.05, 3.63) is 58.3 Å². The lowest BCUT2D eigenvalue weighted by Gasteiger charge is -2.22. The van der Waals surface area contributed by atoms with Gasteiger partial charge in [-0.2, -0.15) is 4.31 Å². The second kappa shape index (κ2) is 6.10. The van der Waals surface area contributed by atoms with E-state index in [0.717, 1.165) is 28.4 Å². The summed E-state index contributed by atoms with van der Waals surface area (Å²) >= 11 is 3.41. The minimum Gasteiger partial charge on any atom is -0.265 e. The van der Waals surface area contributed by atoms with Crippen molar-refractivity contribution in [2.75, 3.05) is 0 Å². The maximum atomic E-state index is 13.0. The van der Waals surface area contributed by atoms with E-state index < -0.39 is 10.0 Å². The van der Waals surface area contributed by atoms with Crippen molar-refractivity contribution in [3.8, 4) is 0 Å². The predicted molar refractivity (Wildman–Crippen MR) is 88.9 cm³/mol. The van der Waals surface area contributed by atoms with Crippen LogP contribution in [-0.2, 0) is 16.6 Å². The van der Waals surface area contributed by atoms with Gasteiger partial charge in [0, 0.05) is 29.5 Å². The highest BCUT2D eigenvalue weighted by molar-refractivity contribution is 9.10. The molecule has 0 unspecified atom stereocenters. The Balaban J connectivity index is 1.94. The number of nitrogens with zero attached hydrogens (tertiary/aromatic N) is 2. The molecule has 0 spiro atoms. The first-order chi connectivity index (χ1) is 10.5. The number of benzene rings is 1. The lowest BCUT2D eigenvalue weighted by atomic mass is 10.2. The first kappa shape index (κ1) is 15.6. The number of aryl methyl sites for hydroxylation is 1. The second-order valence-corrected chi connectivity index (χ2v) is 8.29. The van der Waals surface area contributed by atoms with Gasteiger partial charge >= 0.3 is 0 Å². The third-order valence-electron chi connectivity index (χ3n) is 3.78. The van der Waals surface area contributed by atoms with E-state index in [4.69, 9.17) is 0 Å². The van der Waals surface area contributed by atoms with Crippen molar-refractivity contribution < 1.29 is 8.42 Å². The Labute approximate surface area is 139 Å². The van der Waals surface area contributed by atoms with Crippen LogP contribution in [0.15, 0.2) is 52.1 Å². The van der Waals surface area contributed by atoms with Crippen molar-refractivity contribution >= 4 is 26.0 Å². The van der Waals surface area contributed by atoms with Gasteiger partial charge in [0.25, 0.3) is 0 Å². The SMILES string of the molecule is Cc1cc(S(=O)(=O)N(Cc2ccncc2)C2CC2)ccc1Br. The summed E-state index contributed by atoms with van der Waals surface area (Å²) in [6.07, 6.45) is 5.24. The Hall–Kier alpha value is -1.24. The summed E-state index contributed by atoms with van der Waals surface area (Å²) in [5.41, 5.74) is 1.88. The van der Waals surface area contributed by atoms with Crippen LogP contribution in [0.25, 0.3) is 0 Å². The zero-order valence-corrected chi connectivity index (χ0v) is 14.6. The second-order valence-electron chi connectivity index (χ2n) is 5.55. The molecule has 0 radical (unpaired) electrons. The van der Waals surface area contributed by atoms with Gasteiger partial charge in [-0.15, -0.1) is 0 Å². The number of pyridine rings is 1. The molecule has 4 nitrogen and oxygen atoms in total. The molecule has 0 saturated heterocycles. The molecule has 1 aromatic heterocycles. The summed E-state index contributed by atoms with van der Waals surface area (Å²) in [6.45, 7) is 2.29. The molecule has 0 atom stereocenters. The molecule has 1 aliphatic rings. The zero-order chi connectivity index (χ0) is 15.7. The van der Waals surface area contributed by atoms with Crippen molar-refractivity contribution in [3.63, 3.8) is 0 Å². The molecular weight excluding hydrogens is 364 g/mol. The molecule has 0 amide bonds. The van der Waals surface area contributed by atoms with Crippen LogP contribution in [0.3, 0.4) is 0 Å².